The molecule has 0 aliphatic heterocycles. The maximum atomic E-state index is 13.0. The largest absolute Gasteiger partial charge is 0.497 e. The van der Waals surface area contributed by atoms with Gasteiger partial charge in [0.1, 0.15) is 17.5 Å². The van der Waals surface area contributed by atoms with E-state index in [-0.39, 0.29) is 18.4 Å². The molecule has 0 saturated carbocycles. The van der Waals surface area contributed by atoms with Crippen molar-refractivity contribution < 1.29 is 19.1 Å². The number of carbonyl (C=O) groups excluding carboxylic acids is 2. The Balaban J connectivity index is 2.19. The molecule has 0 aliphatic rings. The summed E-state index contributed by atoms with van der Waals surface area (Å²) in [5.74, 6) is 0.870. The highest BCUT2D eigenvalue weighted by molar-refractivity contribution is 5.88. The molecule has 0 saturated heterocycles. The van der Waals surface area contributed by atoms with E-state index in [1.807, 2.05) is 62.4 Å². The van der Waals surface area contributed by atoms with Crippen molar-refractivity contribution >= 4 is 11.8 Å². The lowest BCUT2D eigenvalue weighted by Crippen LogP contribution is -2.49. The average Bonchev–Trinajstić information content (AvgIpc) is 2.72. The lowest BCUT2D eigenvalue weighted by atomic mass is 10.1. The van der Waals surface area contributed by atoms with E-state index in [0.29, 0.717) is 24.5 Å². The fourth-order valence-corrected chi connectivity index (χ4v) is 2.92. The van der Waals surface area contributed by atoms with Gasteiger partial charge in [0.25, 0.3) is 5.91 Å². The van der Waals surface area contributed by atoms with Gasteiger partial charge in [-0.25, -0.2) is 0 Å². The minimum atomic E-state index is -0.578. The van der Waals surface area contributed by atoms with Crippen LogP contribution in [0.25, 0.3) is 0 Å². The van der Waals surface area contributed by atoms with Crippen molar-refractivity contribution in [1.29, 1.82) is 0 Å². The Hall–Kier alpha value is -3.02. The molecule has 150 valence electrons. The van der Waals surface area contributed by atoms with E-state index in [9.17, 15) is 9.59 Å². The van der Waals surface area contributed by atoms with Gasteiger partial charge in [-0.1, -0.05) is 36.8 Å². The average molecular weight is 384 g/mol. The Kier molecular flexibility index (Phi) is 7.87. The van der Waals surface area contributed by atoms with Crippen LogP contribution in [0.2, 0.25) is 0 Å². The van der Waals surface area contributed by atoms with E-state index in [1.54, 1.807) is 19.1 Å². The summed E-state index contributed by atoms with van der Waals surface area (Å²) < 4.78 is 10.9. The number of benzene rings is 2. The van der Waals surface area contributed by atoms with Crippen LogP contribution in [0.1, 0.15) is 24.5 Å². The minimum absolute atomic E-state index is 0.138. The Bertz CT molecular complexity index is 789. The molecule has 0 bridgehead atoms. The van der Waals surface area contributed by atoms with Gasteiger partial charge in [0, 0.05) is 13.6 Å². The predicted molar refractivity (Wildman–Crippen MR) is 108 cm³/mol. The van der Waals surface area contributed by atoms with Crippen molar-refractivity contribution in [2.45, 2.75) is 32.9 Å². The van der Waals surface area contributed by atoms with Crippen LogP contribution < -0.4 is 14.8 Å². The third kappa shape index (κ3) is 5.74. The first-order valence-electron chi connectivity index (χ1n) is 9.32. The van der Waals surface area contributed by atoms with Gasteiger partial charge >= 0.3 is 0 Å². The molecule has 0 fully saturated rings. The van der Waals surface area contributed by atoms with Gasteiger partial charge in [0.05, 0.1) is 7.11 Å². The molecule has 28 heavy (non-hydrogen) atoms. The topological polar surface area (TPSA) is 67.9 Å². The second-order valence-corrected chi connectivity index (χ2v) is 6.51. The molecule has 0 aliphatic carbocycles. The fourth-order valence-electron chi connectivity index (χ4n) is 2.92. The molecule has 1 N–H and O–H groups in total. The van der Waals surface area contributed by atoms with Gasteiger partial charge in [-0.2, -0.15) is 0 Å². The normalized spacial score (nSPS) is 11.4. The Labute approximate surface area is 166 Å². The first-order chi connectivity index (χ1) is 13.5. The van der Waals surface area contributed by atoms with E-state index >= 15 is 0 Å². The number of hydrogen-bond donors (Lipinski definition) is 1. The van der Waals surface area contributed by atoms with Crippen LogP contribution in [-0.2, 0) is 16.1 Å². The maximum absolute atomic E-state index is 13.0. The third-order valence-electron chi connectivity index (χ3n) is 4.50. The summed E-state index contributed by atoms with van der Waals surface area (Å²) in [6.07, 6.45) is 0.500. The molecule has 2 amide bonds. The van der Waals surface area contributed by atoms with Crippen molar-refractivity contribution in [3.05, 3.63) is 59.7 Å². The molecule has 0 spiro atoms. The SMILES string of the molecule is CC[C@@H](C(=O)NC)N(Cc1cccc(OC)c1)C(=O)COc1ccc(C)cc1. The van der Waals surface area contributed by atoms with Gasteiger partial charge < -0.3 is 19.7 Å². The van der Waals surface area contributed by atoms with E-state index in [4.69, 9.17) is 9.47 Å². The Morgan fingerprint density at radius 3 is 2.43 bits per heavy atom. The number of likely N-dealkylation sites (N-methyl/N-ethyl adjacent to an activating group) is 1. The third-order valence-corrected chi connectivity index (χ3v) is 4.50. The first-order valence-corrected chi connectivity index (χ1v) is 9.32. The van der Waals surface area contributed by atoms with Gasteiger partial charge in [0.2, 0.25) is 5.91 Å². The zero-order valence-corrected chi connectivity index (χ0v) is 16.9. The standard InChI is InChI=1S/C22H28N2O4/c1-5-20(22(26)23-3)24(14-17-7-6-8-19(13-17)27-4)21(25)15-28-18-11-9-16(2)10-12-18/h6-13,20H,5,14-15H2,1-4H3,(H,23,26)/t20-/m0/s1. The van der Waals surface area contributed by atoms with Crippen LogP contribution in [0.3, 0.4) is 0 Å². The number of methoxy groups -OCH3 is 1. The zero-order valence-electron chi connectivity index (χ0n) is 16.9. The monoisotopic (exact) mass is 384 g/mol. The number of carbonyl (C=O) groups is 2. The Morgan fingerprint density at radius 1 is 1.11 bits per heavy atom. The van der Waals surface area contributed by atoms with Gasteiger partial charge in [-0.3, -0.25) is 9.59 Å². The van der Waals surface area contributed by atoms with Crippen molar-refractivity contribution in [2.75, 3.05) is 20.8 Å². The van der Waals surface area contributed by atoms with E-state index in [2.05, 4.69) is 5.32 Å². The highest BCUT2D eigenvalue weighted by Gasteiger charge is 2.28. The number of rotatable bonds is 9. The molecule has 2 rings (SSSR count). The van der Waals surface area contributed by atoms with Gasteiger partial charge in [0.15, 0.2) is 6.61 Å². The molecule has 0 heterocycles. The minimum Gasteiger partial charge on any atom is -0.497 e. The number of hydrogen-bond acceptors (Lipinski definition) is 4. The molecular formula is C22H28N2O4. The molecule has 0 radical (unpaired) electrons. The van der Waals surface area contributed by atoms with Crippen LogP contribution in [0, 0.1) is 6.92 Å². The summed E-state index contributed by atoms with van der Waals surface area (Å²) in [5, 5.41) is 2.64. The van der Waals surface area contributed by atoms with E-state index < -0.39 is 6.04 Å². The number of ether oxygens (including phenoxy) is 2. The molecular weight excluding hydrogens is 356 g/mol. The van der Waals surface area contributed by atoms with E-state index in [1.165, 1.54) is 0 Å². The Morgan fingerprint density at radius 2 is 1.82 bits per heavy atom. The first kappa shape index (κ1) is 21.3. The highest BCUT2D eigenvalue weighted by Crippen LogP contribution is 2.18. The zero-order chi connectivity index (χ0) is 20.5. The van der Waals surface area contributed by atoms with Crippen LogP contribution in [0.5, 0.6) is 11.5 Å². The van der Waals surface area contributed by atoms with Crippen LogP contribution >= 0.6 is 0 Å². The second kappa shape index (κ2) is 10.3. The van der Waals surface area contributed by atoms with Gasteiger partial charge in [-0.05, 0) is 43.2 Å². The molecule has 1 atom stereocenters. The number of nitrogens with zero attached hydrogens (tertiary/aromatic N) is 1. The molecule has 2 aromatic rings. The van der Waals surface area contributed by atoms with Crippen molar-refractivity contribution in [3.63, 3.8) is 0 Å². The predicted octanol–water partition coefficient (Wildman–Crippen LogP) is 2.94. The quantitative estimate of drug-likeness (QED) is 0.722. The summed E-state index contributed by atoms with van der Waals surface area (Å²) in [7, 11) is 3.17. The molecule has 0 aromatic heterocycles. The van der Waals surface area contributed by atoms with Crippen molar-refractivity contribution in [2.24, 2.45) is 0 Å². The van der Waals surface area contributed by atoms with E-state index in [0.717, 1.165) is 11.1 Å². The summed E-state index contributed by atoms with van der Waals surface area (Å²) in [5.41, 5.74) is 1.99. The molecule has 6 nitrogen and oxygen atoms in total. The molecule has 0 unspecified atom stereocenters. The number of aryl methyl sites for hydroxylation is 1. The highest BCUT2D eigenvalue weighted by atomic mass is 16.5. The summed E-state index contributed by atoms with van der Waals surface area (Å²) in [6, 6.07) is 14.4. The molecule has 6 heteroatoms. The fraction of sp³-hybridized carbons (Fsp3) is 0.364. The summed E-state index contributed by atoms with van der Waals surface area (Å²) in [4.78, 5) is 26.9. The summed E-state index contributed by atoms with van der Waals surface area (Å²) >= 11 is 0. The smallest absolute Gasteiger partial charge is 0.261 e. The molecule has 2 aromatic carbocycles. The van der Waals surface area contributed by atoms with Crippen LogP contribution in [0.4, 0.5) is 0 Å². The second-order valence-electron chi connectivity index (χ2n) is 6.51. The van der Waals surface area contributed by atoms with Crippen molar-refractivity contribution in [1.82, 2.24) is 10.2 Å². The van der Waals surface area contributed by atoms with Crippen LogP contribution in [0.15, 0.2) is 48.5 Å². The van der Waals surface area contributed by atoms with Crippen LogP contribution in [-0.4, -0.2) is 43.5 Å². The maximum Gasteiger partial charge on any atom is 0.261 e. The number of amides is 2. The summed E-state index contributed by atoms with van der Waals surface area (Å²) in [6.45, 7) is 4.02. The lowest BCUT2D eigenvalue weighted by molar-refractivity contribution is -0.142. The van der Waals surface area contributed by atoms with Gasteiger partial charge in [-0.15, -0.1) is 0 Å². The number of nitrogens with one attached hydrogen (secondary N) is 1. The lowest BCUT2D eigenvalue weighted by Gasteiger charge is -2.30. The van der Waals surface area contributed by atoms with Crippen molar-refractivity contribution in [3.8, 4) is 11.5 Å².